The molecule has 0 aliphatic rings. The summed E-state index contributed by atoms with van der Waals surface area (Å²) in [6.07, 6.45) is 0. The Hall–Kier alpha value is -2.60. The van der Waals surface area contributed by atoms with E-state index in [2.05, 4.69) is 0 Å². The molecule has 149 valence electrons. The molecule has 0 aliphatic heterocycles. The molecule has 2 nitrogen and oxygen atoms in total. The Labute approximate surface area is 182 Å². The fourth-order valence-corrected chi connectivity index (χ4v) is 24.8. The Bertz CT molecular complexity index is 1000. The molecule has 0 aliphatic carbocycles. The molecule has 0 aromatic heterocycles. The van der Waals surface area contributed by atoms with E-state index in [-0.39, 0.29) is 9.90 Å². The molecule has 1 atom stereocenters. The molecule has 4 aromatic carbocycles. The van der Waals surface area contributed by atoms with E-state index in [1.807, 2.05) is 121 Å². The van der Waals surface area contributed by atoms with Gasteiger partial charge in [0.2, 0.25) is 0 Å². The third kappa shape index (κ3) is 3.33. The fourth-order valence-electron chi connectivity index (χ4n) is 5.99. The number of hydrogen-bond donors (Lipinski definition) is 1. The van der Waals surface area contributed by atoms with Crippen LogP contribution in [0.5, 0.6) is 0 Å². The van der Waals surface area contributed by atoms with Gasteiger partial charge >= 0.3 is 172 Å². The minimum atomic E-state index is -5.27. The van der Waals surface area contributed by atoms with E-state index in [0.717, 1.165) is 18.0 Å². The molecular weight excluding hydrogens is 441 g/mol. The second-order valence-corrected chi connectivity index (χ2v) is 24.8. The van der Waals surface area contributed by atoms with E-state index in [9.17, 15) is 9.90 Å². The van der Waals surface area contributed by atoms with Crippen molar-refractivity contribution in [2.75, 3.05) is 0 Å². The molecule has 4 aromatic rings. The molecule has 0 bridgehead atoms. The Kier molecular flexibility index (Phi) is 6.66. The van der Waals surface area contributed by atoms with Crippen molar-refractivity contribution in [3.8, 4) is 0 Å². The maximum Gasteiger partial charge on any atom is -0.153 e. The van der Waals surface area contributed by atoms with Crippen molar-refractivity contribution in [1.29, 1.82) is 0 Å². The monoisotopic (exact) mass is 465 g/mol. The number of carbonyl (C=O) groups is 1. The summed E-state index contributed by atoms with van der Waals surface area (Å²) in [7, 11) is 0. The van der Waals surface area contributed by atoms with Gasteiger partial charge in [-0.05, 0) is 0 Å². The maximum atomic E-state index is 13.6. The first kappa shape index (κ1) is 22.1. The molecule has 0 radical (unpaired) electrons. The van der Waals surface area contributed by atoms with E-state index in [4.69, 9.17) is 0 Å². The van der Waals surface area contributed by atoms with Gasteiger partial charge in [-0.2, -0.15) is 9.90 Å². The van der Waals surface area contributed by atoms with Crippen LogP contribution < -0.4 is 12.5 Å². The van der Waals surface area contributed by atoms with Gasteiger partial charge in [-0.1, -0.05) is 0 Å². The van der Waals surface area contributed by atoms with Crippen molar-refractivity contribution in [1.82, 2.24) is 0 Å². The molecule has 30 heavy (non-hydrogen) atoms. The van der Waals surface area contributed by atoms with Gasteiger partial charge in [-0.3, -0.25) is 0 Å². The van der Waals surface area contributed by atoms with Crippen LogP contribution in [0.3, 0.4) is 0 Å². The topological polar surface area (TPSA) is 37.3 Å². The van der Waals surface area contributed by atoms with Crippen molar-refractivity contribution in [2.24, 2.45) is 0 Å². The summed E-state index contributed by atoms with van der Waals surface area (Å²) in [5.41, 5.74) is 1.06. The van der Waals surface area contributed by atoms with Crippen molar-refractivity contribution < 1.29 is 23.5 Å². The van der Waals surface area contributed by atoms with Crippen LogP contribution >= 0.6 is 9.90 Å². The van der Waals surface area contributed by atoms with E-state index in [1.54, 1.807) is 0 Å². The van der Waals surface area contributed by atoms with E-state index in [0.29, 0.717) is 5.02 Å². The number of benzene rings is 4. The van der Waals surface area contributed by atoms with Gasteiger partial charge in [-0.25, -0.2) is 0 Å². The molecule has 0 spiro atoms. The molecular formula is C26H26O2PZn. The average Bonchev–Trinajstić information content (AvgIpc) is 2.80. The third-order valence-corrected chi connectivity index (χ3v) is 28.0. The summed E-state index contributed by atoms with van der Waals surface area (Å²) in [4.78, 5) is 13.6. The Morgan fingerprint density at radius 2 is 0.867 bits per heavy atom. The fraction of sp³-hybridized carbons (Fsp3) is 0.0385. The van der Waals surface area contributed by atoms with Crippen LogP contribution in [0.2, 0.25) is 0 Å². The predicted molar refractivity (Wildman–Crippen MR) is 128 cm³/mol. The Morgan fingerprint density at radius 3 is 1.17 bits per heavy atom. The second-order valence-electron chi connectivity index (χ2n) is 8.65. The number of carboxylic acid groups (broad SMARTS) is 1. The van der Waals surface area contributed by atoms with Crippen molar-refractivity contribution in [3.63, 3.8) is 0 Å². The summed E-state index contributed by atoms with van der Waals surface area (Å²) in [5, 5.41) is 11.7. The Morgan fingerprint density at radius 1 is 0.567 bits per heavy atom. The average molecular weight is 467 g/mol. The van der Waals surface area contributed by atoms with Gasteiger partial charge in [0.05, 0.1) is 0 Å². The Balaban J connectivity index is 0.00000256. The van der Waals surface area contributed by atoms with Crippen LogP contribution in [0.1, 0.15) is 5.56 Å². The van der Waals surface area contributed by atoms with Gasteiger partial charge in [0.25, 0.3) is 0 Å². The van der Waals surface area contributed by atoms with Crippen molar-refractivity contribution in [3.05, 3.63) is 127 Å². The van der Waals surface area contributed by atoms with E-state index in [1.165, 1.54) is 0 Å². The molecule has 4 rings (SSSR count). The first-order valence-corrected chi connectivity index (χ1v) is 18.4. The van der Waals surface area contributed by atoms with Crippen LogP contribution in [0.25, 0.3) is 0 Å². The van der Waals surface area contributed by atoms with E-state index >= 15 is 0 Å². The number of rotatable bonds is 6. The zero-order chi connectivity index (χ0) is 20.2. The smallest absolute Gasteiger partial charge is 0.153 e. The first-order chi connectivity index (χ1) is 14.2. The van der Waals surface area contributed by atoms with Gasteiger partial charge < -0.3 is 0 Å². The SMILES string of the molecule is O=[C](O)[Zn]([CH2]c1ccccc1)([c]1ccccc1)([c]1ccccc1)[c]1ccccc1.P. The summed E-state index contributed by atoms with van der Waals surface area (Å²) in [6, 6.07) is 39.8. The van der Waals surface area contributed by atoms with Crippen LogP contribution in [-0.4, -0.2) is 9.67 Å². The summed E-state index contributed by atoms with van der Waals surface area (Å²) < 4.78 is 2.19. The normalized spacial score (nSPS) is 11.4. The molecule has 4 heteroatoms. The molecule has 0 heterocycles. The first-order valence-electron chi connectivity index (χ1n) is 10.3. The summed E-state index contributed by atoms with van der Waals surface area (Å²) >= 11 is -5.27. The van der Waals surface area contributed by atoms with Crippen molar-refractivity contribution in [2.45, 2.75) is 5.02 Å². The zero-order valence-corrected chi connectivity index (χ0v) is 21.4. The van der Waals surface area contributed by atoms with Crippen molar-refractivity contribution >= 4 is 26.9 Å². The summed E-state index contributed by atoms with van der Waals surface area (Å²) in [6.45, 7) is 0. The van der Waals surface area contributed by atoms with Crippen LogP contribution in [0.15, 0.2) is 121 Å². The van der Waals surface area contributed by atoms with Gasteiger partial charge in [0.1, 0.15) is 0 Å². The minimum Gasteiger partial charge on any atom is -0.153 e. The van der Waals surface area contributed by atoms with Gasteiger partial charge in [0, 0.05) is 0 Å². The largest absolute Gasteiger partial charge is 0.153 e. The van der Waals surface area contributed by atoms with Gasteiger partial charge in [0.15, 0.2) is 0 Å². The molecule has 1 N–H and O–H groups in total. The molecule has 0 amide bonds. The zero-order valence-electron chi connectivity index (χ0n) is 17.0. The van der Waals surface area contributed by atoms with Gasteiger partial charge in [-0.15, -0.1) is 0 Å². The standard InChI is InChI=1S/C7H7.3C6H5.CHO2.H3P.Zn/c1-7-5-3-2-4-6-7;3*1-2-4-6-5-3-1;2-1-3;;/h2-6H,1H2;3*1-5H;(H,2,3);1H3;. The van der Waals surface area contributed by atoms with E-state index < -0.39 is 18.2 Å². The molecule has 0 saturated carbocycles. The van der Waals surface area contributed by atoms with Crippen LogP contribution in [0.4, 0.5) is 4.79 Å². The quantitative estimate of drug-likeness (QED) is 0.333. The van der Waals surface area contributed by atoms with Crippen LogP contribution in [0, 0.1) is 0 Å². The molecule has 0 fully saturated rings. The van der Waals surface area contributed by atoms with Crippen LogP contribution in [-0.2, 0) is 18.6 Å². The predicted octanol–water partition coefficient (Wildman–Crippen LogP) is 4.59. The summed E-state index contributed by atoms with van der Waals surface area (Å²) in [5.74, 6) is 0. The third-order valence-electron chi connectivity index (χ3n) is 7.53. The number of hydrogen-bond acceptors (Lipinski definition) is 1. The molecule has 0 saturated heterocycles. The molecule has 1 unspecified atom stereocenters. The maximum absolute atomic E-state index is 13.6. The second kappa shape index (κ2) is 9.04. The minimum absolute atomic E-state index is 0.